The fourth-order valence-corrected chi connectivity index (χ4v) is 2.53. The second-order valence-corrected chi connectivity index (χ2v) is 5.52. The van der Waals surface area contributed by atoms with Gasteiger partial charge in [-0.3, -0.25) is 0 Å². The molecular weight excluding hydrogens is 268 g/mol. The molecule has 0 bridgehead atoms. The van der Waals surface area contributed by atoms with Crippen molar-refractivity contribution in [3.63, 3.8) is 0 Å². The quantitative estimate of drug-likeness (QED) is 0.876. The normalized spacial score (nSPS) is 16.0. The number of rotatable bonds is 2. The minimum Gasteiger partial charge on any atom is -0.478 e. The monoisotopic (exact) mass is 290 g/mol. The number of likely N-dealkylation sites (tertiary alicyclic amines) is 1. The van der Waals surface area contributed by atoms with Gasteiger partial charge in [0.05, 0.1) is 5.56 Å². The molecule has 0 saturated carbocycles. The Morgan fingerprint density at radius 2 is 1.71 bits per heavy atom. The Balaban J connectivity index is 2.07. The van der Waals surface area contributed by atoms with Crippen LogP contribution in [0.15, 0.2) is 18.2 Å². The first-order chi connectivity index (χ1) is 10.1. The maximum absolute atomic E-state index is 12.3. The summed E-state index contributed by atoms with van der Waals surface area (Å²) in [4.78, 5) is 25.2. The number of urea groups is 1. The smallest absolute Gasteiger partial charge is 0.335 e. The van der Waals surface area contributed by atoms with Crippen LogP contribution in [-0.4, -0.2) is 35.1 Å². The maximum Gasteiger partial charge on any atom is 0.335 e. The molecule has 2 amide bonds. The van der Waals surface area contributed by atoms with E-state index in [1.54, 1.807) is 12.1 Å². The van der Waals surface area contributed by atoms with E-state index in [2.05, 4.69) is 5.32 Å². The number of aryl methyl sites for hydroxylation is 1. The summed E-state index contributed by atoms with van der Waals surface area (Å²) in [6.07, 6.45) is 5.63. The lowest BCUT2D eigenvalue weighted by atomic mass is 10.1. The van der Waals surface area contributed by atoms with Gasteiger partial charge in [-0.05, 0) is 37.5 Å². The van der Waals surface area contributed by atoms with E-state index in [-0.39, 0.29) is 11.6 Å². The Morgan fingerprint density at radius 1 is 1.10 bits per heavy atom. The van der Waals surface area contributed by atoms with Crippen LogP contribution in [0.3, 0.4) is 0 Å². The fourth-order valence-electron chi connectivity index (χ4n) is 2.53. The molecule has 0 aliphatic carbocycles. The molecule has 0 spiro atoms. The number of carbonyl (C=O) groups is 2. The standard InChI is InChI=1S/C16H22N2O3/c1-12-7-8-13(15(19)20)11-14(12)17-16(21)18-9-5-3-2-4-6-10-18/h7-8,11H,2-6,9-10H2,1H3,(H,17,21)(H,19,20). The highest BCUT2D eigenvalue weighted by atomic mass is 16.4. The lowest BCUT2D eigenvalue weighted by molar-refractivity contribution is 0.0697. The van der Waals surface area contributed by atoms with E-state index in [9.17, 15) is 9.59 Å². The number of hydrogen-bond donors (Lipinski definition) is 2. The predicted octanol–water partition coefficient (Wildman–Crippen LogP) is 3.49. The number of anilines is 1. The first kappa shape index (κ1) is 15.4. The van der Waals surface area contributed by atoms with Gasteiger partial charge in [-0.15, -0.1) is 0 Å². The summed E-state index contributed by atoms with van der Waals surface area (Å²) >= 11 is 0. The molecule has 0 unspecified atom stereocenters. The third-order valence-corrected chi connectivity index (χ3v) is 3.87. The van der Waals surface area contributed by atoms with E-state index in [4.69, 9.17) is 5.11 Å². The number of nitrogens with zero attached hydrogens (tertiary/aromatic N) is 1. The van der Waals surface area contributed by atoms with Gasteiger partial charge in [0.1, 0.15) is 0 Å². The van der Waals surface area contributed by atoms with E-state index < -0.39 is 5.97 Å². The molecule has 1 aromatic carbocycles. The van der Waals surface area contributed by atoms with Crippen LogP contribution < -0.4 is 5.32 Å². The van der Waals surface area contributed by atoms with Crippen molar-refractivity contribution in [3.8, 4) is 0 Å². The minimum absolute atomic E-state index is 0.137. The van der Waals surface area contributed by atoms with Crippen molar-refractivity contribution in [2.75, 3.05) is 18.4 Å². The molecule has 2 rings (SSSR count). The second-order valence-electron chi connectivity index (χ2n) is 5.52. The lowest BCUT2D eigenvalue weighted by Crippen LogP contribution is -2.37. The number of carboxylic acid groups (broad SMARTS) is 1. The molecule has 1 aliphatic rings. The Morgan fingerprint density at radius 3 is 2.33 bits per heavy atom. The van der Waals surface area contributed by atoms with Gasteiger partial charge in [-0.2, -0.15) is 0 Å². The van der Waals surface area contributed by atoms with E-state index in [0.29, 0.717) is 5.69 Å². The third kappa shape index (κ3) is 4.21. The van der Waals surface area contributed by atoms with Crippen molar-refractivity contribution in [1.29, 1.82) is 0 Å². The van der Waals surface area contributed by atoms with Crippen molar-refractivity contribution in [3.05, 3.63) is 29.3 Å². The molecular formula is C16H22N2O3. The molecule has 1 saturated heterocycles. The first-order valence-corrected chi connectivity index (χ1v) is 7.48. The number of aromatic carboxylic acids is 1. The molecule has 1 aromatic rings. The number of carboxylic acids is 1. The van der Waals surface area contributed by atoms with Crippen LogP contribution in [0.2, 0.25) is 0 Å². The Hall–Kier alpha value is -2.04. The average Bonchev–Trinajstić information content (AvgIpc) is 2.40. The summed E-state index contributed by atoms with van der Waals surface area (Å²) in [5, 5.41) is 11.9. The van der Waals surface area contributed by atoms with E-state index in [1.807, 2.05) is 11.8 Å². The van der Waals surface area contributed by atoms with E-state index in [1.165, 1.54) is 12.5 Å². The molecule has 0 radical (unpaired) electrons. The van der Waals surface area contributed by atoms with E-state index in [0.717, 1.165) is 44.3 Å². The molecule has 21 heavy (non-hydrogen) atoms. The van der Waals surface area contributed by atoms with Gasteiger partial charge in [0.15, 0.2) is 0 Å². The molecule has 5 heteroatoms. The fraction of sp³-hybridized carbons (Fsp3) is 0.500. The zero-order valence-corrected chi connectivity index (χ0v) is 12.4. The van der Waals surface area contributed by atoms with Crippen molar-refractivity contribution < 1.29 is 14.7 Å². The van der Waals surface area contributed by atoms with Crippen LogP contribution in [0.4, 0.5) is 10.5 Å². The van der Waals surface area contributed by atoms with Crippen molar-refractivity contribution in [1.82, 2.24) is 4.90 Å². The number of amides is 2. The lowest BCUT2D eigenvalue weighted by Gasteiger charge is -2.25. The van der Waals surface area contributed by atoms with Gasteiger partial charge in [0.2, 0.25) is 0 Å². The summed E-state index contributed by atoms with van der Waals surface area (Å²) in [7, 11) is 0. The molecule has 0 atom stereocenters. The highest BCUT2D eigenvalue weighted by Gasteiger charge is 2.16. The maximum atomic E-state index is 12.3. The minimum atomic E-state index is -0.989. The number of hydrogen-bond acceptors (Lipinski definition) is 2. The summed E-state index contributed by atoms with van der Waals surface area (Å²) in [5.41, 5.74) is 1.62. The SMILES string of the molecule is Cc1ccc(C(=O)O)cc1NC(=O)N1CCCCCCC1. The molecule has 114 valence electrons. The molecule has 0 aromatic heterocycles. The molecule has 1 aliphatic heterocycles. The van der Waals surface area contributed by atoms with Gasteiger partial charge in [-0.1, -0.05) is 25.3 Å². The average molecular weight is 290 g/mol. The van der Waals surface area contributed by atoms with Gasteiger partial charge < -0.3 is 15.3 Å². The van der Waals surface area contributed by atoms with Crippen molar-refractivity contribution in [2.24, 2.45) is 0 Å². The van der Waals surface area contributed by atoms with Crippen LogP contribution in [-0.2, 0) is 0 Å². The molecule has 1 heterocycles. The van der Waals surface area contributed by atoms with Crippen LogP contribution in [0, 0.1) is 6.92 Å². The van der Waals surface area contributed by atoms with Crippen LogP contribution in [0.25, 0.3) is 0 Å². The zero-order valence-electron chi connectivity index (χ0n) is 12.4. The second kappa shape index (κ2) is 7.11. The topological polar surface area (TPSA) is 69.6 Å². The number of benzene rings is 1. The number of carbonyl (C=O) groups excluding carboxylic acids is 1. The summed E-state index contributed by atoms with van der Waals surface area (Å²) in [5.74, 6) is -0.989. The zero-order chi connectivity index (χ0) is 15.2. The highest BCUT2D eigenvalue weighted by Crippen LogP contribution is 2.18. The summed E-state index contributed by atoms with van der Waals surface area (Å²) in [6, 6.07) is 4.64. The Labute approximate surface area is 125 Å². The van der Waals surface area contributed by atoms with E-state index >= 15 is 0 Å². The summed E-state index contributed by atoms with van der Waals surface area (Å²) < 4.78 is 0. The van der Waals surface area contributed by atoms with Crippen molar-refractivity contribution in [2.45, 2.75) is 39.0 Å². The predicted molar refractivity (Wildman–Crippen MR) is 81.8 cm³/mol. The molecule has 5 nitrogen and oxygen atoms in total. The molecule has 1 fully saturated rings. The third-order valence-electron chi connectivity index (χ3n) is 3.87. The van der Waals surface area contributed by atoms with Crippen molar-refractivity contribution >= 4 is 17.7 Å². The van der Waals surface area contributed by atoms with Gasteiger partial charge >= 0.3 is 12.0 Å². The summed E-state index contributed by atoms with van der Waals surface area (Å²) in [6.45, 7) is 3.39. The van der Waals surface area contributed by atoms with Crippen LogP contribution >= 0.6 is 0 Å². The largest absolute Gasteiger partial charge is 0.478 e. The molecule has 2 N–H and O–H groups in total. The van der Waals surface area contributed by atoms with Crippen LogP contribution in [0.5, 0.6) is 0 Å². The Kier molecular flexibility index (Phi) is 5.20. The van der Waals surface area contributed by atoms with Crippen LogP contribution in [0.1, 0.15) is 48.0 Å². The van der Waals surface area contributed by atoms with Gasteiger partial charge in [0, 0.05) is 18.8 Å². The van der Waals surface area contributed by atoms with Gasteiger partial charge in [0.25, 0.3) is 0 Å². The van der Waals surface area contributed by atoms with Gasteiger partial charge in [-0.25, -0.2) is 9.59 Å². The Bertz CT molecular complexity index is 520. The number of nitrogens with one attached hydrogen (secondary N) is 1. The highest BCUT2D eigenvalue weighted by molar-refractivity contribution is 5.94. The first-order valence-electron chi connectivity index (χ1n) is 7.48.